The second kappa shape index (κ2) is 6.81. The Morgan fingerprint density at radius 1 is 1.40 bits per heavy atom. The number of aromatic amines is 1. The molecule has 0 aliphatic carbocycles. The Morgan fingerprint density at radius 3 is 2.95 bits per heavy atom. The van der Waals surface area contributed by atoms with Crippen molar-refractivity contribution in [3.63, 3.8) is 0 Å². The molecule has 0 atom stereocenters. The maximum atomic E-state index is 11.6. The summed E-state index contributed by atoms with van der Waals surface area (Å²) < 4.78 is 1.52. The summed E-state index contributed by atoms with van der Waals surface area (Å²) in [7, 11) is 0. The maximum absolute atomic E-state index is 11.6. The molecule has 2 rings (SSSR count). The Labute approximate surface area is 116 Å². The Hall–Kier alpha value is -2.21. The van der Waals surface area contributed by atoms with Crippen molar-refractivity contribution in [1.29, 1.82) is 0 Å². The Bertz CT molecular complexity index is 661. The van der Waals surface area contributed by atoms with Crippen LogP contribution in [0.15, 0.2) is 40.3 Å². The minimum atomic E-state index is -0.365. The van der Waals surface area contributed by atoms with Gasteiger partial charge in [-0.05, 0) is 18.1 Å². The lowest BCUT2D eigenvalue weighted by molar-refractivity contribution is 0.570. The van der Waals surface area contributed by atoms with Gasteiger partial charge >= 0.3 is 5.69 Å². The molecule has 106 valence electrons. The third-order valence-corrected chi connectivity index (χ3v) is 3.05. The lowest BCUT2D eigenvalue weighted by Gasteiger charge is -2.08. The van der Waals surface area contributed by atoms with E-state index in [2.05, 4.69) is 15.3 Å². The van der Waals surface area contributed by atoms with Crippen molar-refractivity contribution in [2.75, 3.05) is 6.54 Å². The summed E-state index contributed by atoms with van der Waals surface area (Å²) in [5, 5.41) is 3.24. The van der Waals surface area contributed by atoms with Crippen LogP contribution in [0, 0.1) is 0 Å². The van der Waals surface area contributed by atoms with Gasteiger partial charge in [-0.1, -0.05) is 13.0 Å². The van der Waals surface area contributed by atoms with Crippen LogP contribution >= 0.6 is 0 Å². The number of nitrogens with zero attached hydrogens (tertiary/aromatic N) is 2. The largest absolute Gasteiger partial charge is 0.328 e. The highest BCUT2D eigenvalue weighted by molar-refractivity contribution is 5.07. The monoisotopic (exact) mass is 274 g/mol. The average molecular weight is 274 g/mol. The SMILES string of the molecule is CCc1cn(CCNCc2cccnc2)c(=O)[nH]c1=O. The summed E-state index contributed by atoms with van der Waals surface area (Å²) in [6.45, 7) is 3.75. The van der Waals surface area contributed by atoms with Crippen LogP contribution in [0.25, 0.3) is 0 Å². The third-order valence-electron chi connectivity index (χ3n) is 3.05. The van der Waals surface area contributed by atoms with Crippen LogP contribution in [0.4, 0.5) is 0 Å². The zero-order valence-corrected chi connectivity index (χ0v) is 11.4. The molecule has 6 nitrogen and oxygen atoms in total. The molecule has 0 amide bonds. The normalized spacial score (nSPS) is 10.7. The van der Waals surface area contributed by atoms with E-state index >= 15 is 0 Å². The van der Waals surface area contributed by atoms with E-state index in [0.717, 1.165) is 5.56 Å². The predicted octanol–water partition coefficient (Wildman–Crippen LogP) is 0.284. The zero-order valence-electron chi connectivity index (χ0n) is 11.4. The van der Waals surface area contributed by atoms with Crippen molar-refractivity contribution in [2.24, 2.45) is 0 Å². The van der Waals surface area contributed by atoms with Gasteiger partial charge in [0.25, 0.3) is 5.56 Å². The first-order chi connectivity index (χ1) is 9.70. The molecule has 2 aromatic rings. The summed E-state index contributed by atoms with van der Waals surface area (Å²) in [5.41, 5.74) is 1.06. The van der Waals surface area contributed by atoms with Crippen LogP contribution in [-0.2, 0) is 19.5 Å². The smallest absolute Gasteiger partial charge is 0.311 e. The van der Waals surface area contributed by atoms with Gasteiger partial charge in [0.05, 0.1) is 0 Å². The zero-order chi connectivity index (χ0) is 14.4. The van der Waals surface area contributed by atoms with Gasteiger partial charge in [-0.3, -0.25) is 19.3 Å². The van der Waals surface area contributed by atoms with E-state index in [0.29, 0.717) is 31.6 Å². The van der Waals surface area contributed by atoms with E-state index in [1.165, 1.54) is 4.57 Å². The van der Waals surface area contributed by atoms with Gasteiger partial charge in [0, 0.05) is 43.8 Å². The fourth-order valence-electron chi connectivity index (χ4n) is 1.91. The lowest BCUT2D eigenvalue weighted by atomic mass is 10.2. The number of hydrogen-bond donors (Lipinski definition) is 2. The molecule has 0 aliphatic heterocycles. The Morgan fingerprint density at radius 2 is 2.25 bits per heavy atom. The topological polar surface area (TPSA) is 79.8 Å². The molecule has 0 saturated carbocycles. The quantitative estimate of drug-likeness (QED) is 0.742. The summed E-state index contributed by atoms with van der Waals surface area (Å²) in [5.74, 6) is 0. The van der Waals surface area contributed by atoms with Crippen LogP contribution in [-0.4, -0.2) is 21.1 Å². The molecule has 0 aliphatic rings. The lowest BCUT2D eigenvalue weighted by Crippen LogP contribution is -2.34. The highest BCUT2D eigenvalue weighted by Crippen LogP contribution is 1.94. The van der Waals surface area contributed by atoms with E-state index < -0.39 is 0 Å². The fraction of sp³-hybridized carbons (Fsp3) is 0.357. The molecular weight excluding hydrogens is 256 g/mol. The van der Waals surface area contributed by atoms with Crippen molar-refractivity contribution >= 4 is 0 Å². The third kappa shape index (κ3) is 3.64. The molecule has 0 unspecified atom stereocenters. The summed E-state index contributed by atoms with van der Waals surface area (Å²) in [6.07, 6.45) is 5.77. The molecule has 2 N–H and O–H groups in total. The van der Waals surface area contributed by atoms with Gasteiger partial charge in [0.15, 0.2) is 0 Å². The van der Waals surface area contributed by atoms with Crippen LogP contribution in [0.2, 0.25) is 0 Å². The average Bonchev–Trinajstić information content (AvgIpc) is 2.46. The van der Waals surface area contributed by atoms with Crippen LogP contribution in [0.1, 0.15) is 18.1 Å². The number of hydrogen-bond acceptors (Lipinski definition) is 4. The molecule has 0 fully saturated rings. The van der Waals surface area contributed by atoms with Crippen molar-refractivity contribution in [1.82, 2.24) is 19.9 Å². The predicted molar refractivity (Wildman–Crippen MR) is 76.6 cm³/mol. The van der Waals surface area contributed by atoms with E-state index in [1.54, 1.807) is 18.6 Å². The molecule has 2 heterocycles. The van der Waals surface area contributed by atoms with E-state index in [4.69, 9.17) is 0 Å². The van der Waals surface area contributed by atoms with Gasteiger partial charge in [0.2, 0.25) is 0 Å². The first-order valence-electron chi connectivity index (χ1n) is 6.63. The molecule has 0 saturated heterocycles. The molecule has 6 heteroatoms. The highest BCUT2D eigenvalue weighted by Gasteiger charge is 2.02. The minimum absolute atomic E-state index is 0.294. The maximum Gasteiger partial charge on any atom is 0.328 e. The van der Waals surface area contributed by atoms with E-state index in [1.807, 2.05) is 19.1 Å². The Kier molecular flexibility index (Phi) is 4.84. The van der Waals surface area contributed by atoms with Gasteiger partial charge < -0.3 is 5.32 Å². The number of aryl methyl sites for hydroxylation is 1. The number of aromatic nitrogens is 3. The number of nitrogens with one attached hydrogen (secondary N) is 2. The van der Waals surface area contributed by atoms with Crippen molar-refractivity contribution in [3.8, 4) is 0 Å². The minimum Gasteiger partial charge on any atom is -0.311 e. The molecule has 0 bridgehead atoms. The van der Waals surface area contributed by atoms with E-state index in [-0.39, 0.29) is 11.2 Å². The highest BCUT2D eigenvalue weighted by atomic mass is 16.2. The molecule has 0 aromatic carbocycles. The number of pyridine rings is 1. The summed E-state index contributed by atoms with van der Waals surface area (Å²) in [4.78, 5) is 29.5. The standard InChI is InChI=1S/C14H18N4O2/c1-2-12-10-18(14(20)17-13(12)19)7-6-16-9-11-4-3-5-15-8-11/h3-5,8,10,16H,2,6-7,9H2,1H3,(H,17,19,20). The van der Waals surface area contributed by atoms with Crippen molar-refractivity contribution in [3.05, 3.63) is 62.7 Å². The van der Waals surface area contributed by atoms with Crippen LogP contribution in [0.3, 0.4) is 0 Å². The molecular formula is C14H18N4O2. The van der Waals surface area contributed by atoms with Crippen molar-refractivity contribution in [2.45, 2.75) is 26.4 Å². The van der Waals surface area contributed by atoms with Crippen LogP contribution < -0.4 is 16.6 Å². The number of rotatable bonds is 6. The summed E-state index contributed by atoms with van der Waals surface area (Å²) >= 11 is 0. The van der Waals surface area contributed by atoms with Crippen molar-refractivity contribution < 1.29 is 0 Å². The fourth-order valence-corrected chi connectivity index (χ4v) is 1.91. The second-order valence-corrected chi connectivity index (χ2v) is 4.50. The van der Waals surface area contributed by atoms with Gasteiger partial charge in [-0.2, -0.15) is 0 Å². The first kappa shape index (κ1) is 14.2. The van der Waals surface area contributed by atoms with E-state index in [9.17, 15) is 9.59 Å². The molecule has 20 heavy (non-hydrogen) atoms. The van der Waals surface area contributed by atoms with Crippen LogP contribution in [0.5, 0.6) is 0 Å². The molecule has 2 aromatic heterocycles. The molecule has 0 spiro atoms. The van der Waals surface area contributed by atoms with Gasteiger partial charge in [-0.15, -0.1) is 0 Å². The van der Waals surface area contributed by atoms with Gasteiger partial charge in [-0.25, -0.2) is 4.79 Å². The summed E-state index contributed by atoms with van der Waals surface area (Å²) in [6, 6.07) is 3.87. The second-order valence-electron chi connectivity index (χ2n) is 4.50. The molecule has 0 radical (unpaired) electrons. The first-order valence-corrected chi connectivity index (χ1v) is 6.63. The van der Waals surface area contributed by atoms with Gasteiger partial charge in [0.1, 0.15) is 0 Å². The number of H-pyrrole nitrogens is 1. The Balaban J connectivity index is 1.91.